The van der Waals surface area contributed by atoms with E-state index < -0.39 is 0 Å². The minimum Gasteiger partial charge on any atom is -0.383 e. The van der Waals surface area contributed by atoms with E-state index in [0.29, 0.717) is 36.4 Å². The Bertz CT molecular complexity index is 988. The second-order valence-electron chi connectivity index (χ2n) is 6.83. The number of halogens is 2. The highest BCUT2D eigenvalue weighted by Crippen LogP contribution is 2.34. The molecule has 0 bridgehead atoms. The second kappa shape index (κ2) is 9.28. The molecule has 0 saturated carbocycles. The van der Waals surface area contributed by atoms with Crippen LogP contribution in [0.4, 0.5) is 5.95 Å². The molecule has 3 heterocycles. The van der Waals surface area contributed by atoms with E-state index in [0.717, 1.165) is 47.9 Å². The van der Waals surface area contributed by atoms with E-state index in [2.05, 4.69) is 32.7 Å². The summed E-state index contributed by atoms with van der Waals surface area (Å²) in [7, 11) is 1.69. The number of anilines is 1. The summed E-state index contributed by atoms with van der Waals surface area (Å²) >= 11 is 12.7. The molecule has 0 unspecified atom stereocenters. The number of hydrogen-bond donors (Lipinski definition) is 1. The van der Waals surface area contributed by atoms with Crippen molar-refractivity contribution in [1.82, 2.24) is 19.9 Å². The summed E-state index contributed by atoms with van der Waals surface area (Å²) in [5, 5.41) is 13.4. The number of benzene rings is 1. The van der Waals surface area contributed by atoms with E-state index in [1.165, 1.54) is 0 Å². The third kappa shape index (κ3) is 4.49. The van der Waals surface area contributed by atoms with Crippen LogP contribution < -0.4 is 10.2 Å². The van der Waals surface area contributed by atoms with Crippen molar-refractivity contribution in [3.05, 3.63) is 46.1 Å². The molecular formula is C20H23Cl2N5O2. The third-order valence-corrected chi connectivity index (χ3v) is 5.47. The largest absolute Gasteiger partial charge is 0.383 e. The number of hydrogen-bond acceptors (Lipinski definition) is 6. The Morgan fingerprint density at radius 1 is 1.14 bits per heavy atom. The minimum absolute atomic E-state index is 0.607. The molecule has 1 saturated heterocycles. The van der Waals surface area contributed by atoms with Gasteiger partial charge in [-0.15, -0.1) is 10.2 Å². The maximum absolute atomic E-state index is 6.54. The quantitative estimate of drug-likeness (QED) is 0.574. The molecule has 1 fully saturated rings. The summed E-state index contributed by atoms with van der Waals surface area (Å²) < 4.78 is 12.6. The number of morpholine rings is 1. The van der Waals surface area contributed by atoms with Crippen LogP contribution >= 0.6 is 23.2 Å². The van der Waals surface area contributed by atoms with Crippen molar-refractivity contribution in [1.29, 1.82) is 0 Å². The molecule has 0 spiro atoms. The van der Waals surface area contributed by atoms with Crippen molar-refractivity contribution in [3.8, 4) is 11.1 Å². The van der Waals surface area contributed by atoms with Crippen LogP contribution in [-0.2, 0) is 16.0 Å². The normalized spacial score (nSPS) is 14.7. The summed E-state index contributed by atoms with van der Waals surface area (Å²) in [6.45, 7) is 5.01. The Labute approximate surface area is 179 Å². The number of aromatic nitrogens is 3. The second-order valence-corrected chi connectivity index (χ2v) is 7.68. The van der Waals surface area contributed by atoms with Crippen LogP contribution in [0.2, 0.25) is 10.0 Å². The van der Waals surface area contributed by atoms with Crippen LogP contribution in [0.3, 0.4) is 0 Å². The first-order chi connectivity index (χ1) is 14.2. The summed E-state index contributed by atoms with van der Waals surface area (Å²) in [4.78, 5) is 2.19. The molecule has 4 rings (SSSR count). The van der Waals surface area contributed by atoms with Crippen molar-refractivity contribution in [2.75, 3.05) is 51.5 Å². The van der Waals surface area contributed by atoms with Crippen molar-refractivity contribution in [2.24, 2.45) is 0 Å². The summed E-state index contributed by atoms with van der Waals surface area (Å²) in [6, 6.07) is 7.62. The average Bonchev–Trinajstić information content (AvgIpc) is 3.14. The number of ether oxygens (including phenoxy) is 2. The van der Waals surface area contributed by atoms with E-state index in [1.54, 1.807) is 13.2 Å². The monoisotopic (exact) mass is 435 g/mol. The van der Waals surface area contributed by atoms with Crippen molar-refractivity contribution >= 4 is 34.8 Å². The van der Waals surface area contributed by atoms with Gasteiger partial charge in [-0.1, -0.05) is 29.3 Å². The number of fused-ring (bicyclic) bond motifs is 1. The number of rotatable bonds is 7. The van der Waals surface area contributed by atoms with Gasteiger partial charge in [-0.05, 0) is 23.8 Å². The topological polar surface area (TPSA) is 63.9 Å². The predicted octanol–water partition coefficient (Wildman–Crippen LogP) is 3.28. The Morgan fingerprint density at radius 2 is 1.97 bits per heavy atom. The van der Waals surface area contributed by atoms with E-state index >= 15 is 0 Å². The van der Waals surface area contributed by atoms with Gasteiger partial charge in [0.25, 0.3) is 0 Å². The SMILES string of the molecule is COCCNCc1cc2nnc(N3CCOCC3)n2cc1-c1ccc(Cl)cc1Cl. The molecule has 1 aliphatic heterocycles. The Hall–Kier alpha value is -1.90. The maximum Gasteiger partial charge on any atom is 0.231 e. The first kappa shape index (κ1) is 20.4. The molecule has 0 radical (unpaired) electrons. The first-order valence-corrected chi connectivity index (χ1v) is 10.3. The molecule has 1 aromatic carbocycles. The third-order valence-electron chi connectivity index (χ3n) is 4.93. The van der Waals surface area contributed by atoms with Gasteiger partial charge in [-0.3, -0.25) is 4.40 Å². The zero-order valence-electron chi connectivity index (χ0n) is 16.2. The predicted molar refractivity (Wildman–Crippen MR) is 115 cm³/mol. The molecule has 1 aliphatic rings. The molecule has 2 aromatic heterocycles. The van der Waals surface area contributed by atoms with E-state index in [4.69, 9.17) is 32.7 Å². The van der Waals surface area contributed by atoms with E-state index in [9.17, 15) is 0 Å². The van der Waals surface area contributed by atoms with Crippen molar-refractivity contribution in [2.45, 2.75) is 6.54 Å². The fourth-order valence-corrected chi connectivity index (χ4v) is 3.95. The Kier molecular flexibility index (Phi) is 6.52. The molecule has 7 nitrogen and oxygen atoms in total. The van der Waals surface area contributed by atoms with Gasteiger partial charge in [0, 0.05) is 60.7 Å². The molecule has 3 aromatic rings. The molecule has 0 atom stereocenters. The zero-order chi connectivity index (χ0) is 20.2. The molecule has 29 heavy (non-hydrogen) atoms. The Balaban J connectivity index is 1.77. The molecule has 154 valence electrons. The van der Waals surface area contributed by atoms with Gasteiger partial charge in [0.05, 0.1) is 19.8 Å². The molecule has 1 N–H and O–H groups in total. The highest BCUT2D eigenvalue weighted by atomic mass is 35.5. The molecule has 9 heteroatoms. The van der Waals surface area contributed by atoms with Gasteiger partial charge in [-0.2, -0.15) is 0 Å². The minimum atomic E-state index is 0.607. The number of nitrogens with one attached hydrogen (secondary N) is 1. The number of methoxy groups -OCH3 is 1. The van der Waals surface area contributed by atoms with Crippen LogP contribution in [0.15, 0.2) is 30.5 Å². The van der Waals surface area contributed by atoms with Crippen molar-refractivity contribution < 1.29 is 9.47 Å². The van der Waals surface area contributed by atoms with Crippen LogP contribution in [0.5, 0.6) is 0 Å². The lowest BCUT2D eigenvalue weighted by molar-refractivity contribution is 0.122. The lowest BCUT2D eigenvalue weighted by atomic mass is 10.0. The fraction of sp³-hybridized carbons (Fsp3) is 0.400. The zero-order valence-corrected chi connectivity index (χ0v) is 17.7. The van der Waals surface area contributed by atoms with Gasteiger partial charge in [0.1, 0.15) is 0 Å². The lowest BCUT2D eigenvalue weighted by Crippen LogP contribution is -2.37. The highest BCUT2D eigenvalue weighted by Gasteiger charge is 2.19. The molecule has 0 amide bonds. The smallest absolute Gasteiger partial charge is 0.231 e. The van der Waals surface area contributed by atoms with Gasteiger partial charge >= 0.3 is 0 Å². The van der Waals surface area contributed by atoms with Gasteiger partial charge in [0.15, 0.2) is 5.65 Å². The van der Waals surface area contributed by atoms with Gasteiger partial charge in [0.2, 0.25) is 5.95 Å². The summed E-state index contributed by atoms with van der Waals surface area (Å²) in [5.41, 5.74) is 3.81. The number of pyridine rings is 1. The average molecular weight is 436 g/mol. The number of nitrogens with zero attached hydrogens (tertiary/aromatic N) is 4. The summed E-state index contributed by atoms with van der Waals surface area (Å²) in [6.07, 6.45) is 2.06. The van der Waals surface area contributed by atoms with E-state index in [1.807, 2.05) is 16.5 Å². The van der Waals surface area contributed by atoms with Crippen molar-refractivity contribution in [3.63, 3.8) is 0 Å². The van der Waals surface area contributed by atoms with Crippen LogP contribution in [0.25, 0.3) is 16.8 Å². The lowest BCUT2D eigenvalue weighted by Gasteiger charge is -2.26. The van der Waals surface area contributed by atoms with Crippen LogP contribution in [0, 0.1) is 0 Å². The Morgan fingerprint density at radius 3 is 2.72 bits per heavy atom. The first-order valence-electron chi connectivity index (χ1n) is 9.53. The van der Waals surface area contributed by atoms with E-state index in [-0.39, 0.29) is 0 Å². The highest BCUT2D eigenvalue weighted by molar-refractivity contribution is 6.36. The molecule has 0 aliphatic carbocycles. The molecular weight excluding hydrogens is 413 g/mol. The van der Waals surface area contributed by atoms with Crippen LogP contribution in [0.1, 0.15) is 5.56 Å². The standard InChI is InChI=1S/C20H23Cl2N5O2/c1-28-7-4-23-12-14-10-19-24-25-20(26-5-8-29-9-6-26)27(19)13-17(14)16-3-2-15(21)11-18(16)22/h2-3,10-11,13,23H,4-9,12H2,1H3. The maximum atomic E-state index is 6.54. The summed E-state index contributed by atoms with van der Waals surface area (Å²) in [5.74, 6) is 0.813. The van der Waals surface area contributed by atoms with Gasteiger partial charge in [-0.25, -0.2) is 0 Å². The van der Waals surface area contributed by atoms with Crippen LogP contribution in [-0.4, -0.2) is 61.2 Å². The fourth-order valence-electron chi connectivity index (χ4n) is 3.44. The van der Waals surface area contributed by atoms with Gasteiger partial charge < -0.3 is 19.7 Å².